The summed E-state index contributed by atoms with van der Waals surface area (Å²) >= 11 is 0. The zero-order chi connectivity index (χ0) is 14.1. The molecule has 4 heteroatoms. The van der Waals surface area contributed by atoms with Gasteiger partial charge in [-0.25, -0.2) is 0 Å². The molecule has 0 aliphatic carbocycles. The number of carbonyl (C=O) groups is 2. The van der Waals surface area contributed by atoms with Crippen molar-refractivity contribution >= 4 is 12.2 Å². The van der Waals surface area contributed by atoms with Gasteiger partial charge in [-0.1, -0.05) is 30.3 Å². The Morgan fingerprint density at radius 1 is 1.32 bits per heavy atom. The van der Waals surface area contributed by atoms with Crippen molar-refractivity contribution in [3.8, 4) is 0 Å². The molecule has 0 radical (unpaired) electrons. The second-order valence-electron chi connectivity index (χ2n) is 3.97. The van der Waals surface area contributed by atoms with Crippen LogP contribution in [-0.4, -0.2) is 24.8 Å². The first-order valence-corrected chi connectivity index (χ1v) is 6.29. The molecular weight excluding hydrogens is 242 g/mol. The molecule has 0 bridgehead atoms. The first kappa shape index (κ1) is 15.0. The largest absolute Gasteiger partial charge is 0.496 e. The summed E-state index contributed by atoms with van der Waals surface area (Å²) in [5.74, 6) is 0.681. The van der Waals surface area contributed by atoms with E-state index < -0.39 is 0 Å². The Morgan fingerprint density at radius 2 is 1.95 bits per heavy atom. The molecule has 2 rings (SSSR count). The van der Waals surface area contributed by atoms with Crippen LogP contribution >= 0.6 is 0 Å². The molecule has 1 heterocycles. The predicted molar refractivity (Wildman–Crippen MR) is 73.5 cm³/mol. The number of benzene rings is 1. The maximum atomic E-state index is 11.3. The smallest absolute Gasteiger partial charge is 0.248 e. The van der Waals surface area contributed by atoms with Gasteiger partial charge in [-0.05, 0) is 25.8 Å². The van der Waals surface area contributed by atoms with E-state index >= 15 is 0 Å². The van der Waals surface area contributed by atoms with Gasteiger partial charge in [-0.15, -0.1) is 0 Å². The number of amides is 1. The summed E-state index contributed by atoms with van der Waals surface area (Å²) in [7, 11) is 0. The predicted octanol–water partition coefficient (Wildman–Crippen LogP) is 1.85. The average Bonchev–Trinajstić information content (AvgIpc) is 2.72. The third-order valence-corrected chi connectivity index (χ3v) is 2.53. The normalized spacial score (nSPS) is 16.8. The highest BCUT2D eigenvalue weighted by atomic mass is 16.5. The van der Waals surface area contributed by atoms with Crippen LogP contribution in [0.3, 0.4) is 0 Å². The van der Waals surface area contributed by atoms with Crippen molar-refractivity contribution in [3.63, 3.8) is 0 Å². The molecule has 102 valence electrons. The van der Waals surface area contributed by atoms with E-state index in [9.17, 15) is 4.79 Å². The van der Waals surface area contributed by atoms with E-state index in [0.717, 1.165) is 18.5 Å². The lowest BCUT2D eigenvalue weighted by atomic mass is 10.1. The molecule has 1 N–H and O–H groups in total. The summed E-state index contributed by atoms with van der Waals surface area (Å²) in [6.07, 6.45) is 3.07. The van der Waals surface area contributed by atoms with Gasteiger partial charge in [0.15, 0.2) is 0 Å². The van der Waals surface area contributed by atoms with Crippen LogP contribution in [0.4, 0.5) is 0 Å². The minimum atomic E-state index is -0.0654. The fraction of sp³-hybridized carbons (Fsp3) is 0.333. The maximum Gasteiger partial charge on any atom is 0.248 e. The number of nitrogens with one attached hydrogen (secondary N) is 1. The van der Waals surface area contributed by atoms with E-state index in [4.69, 9.17) is 9.53 Å². The number of rotatable bonds is 4. The van der Waals surface area contributed by atoms with Gasteiger partial charge in [-0.3, -0.25) is 4.79 Å². The third-order valence-electron chi connectivity index (χ3n) is 2.53. The minimum Gasteiger partial charge on any atom is -0.496 e. The van der Waals surface area contributed by atoms with Gasteiger partial charge in [0.1, 0.15) is 12.0 Å². The van der Waals surface area contributed by atoms with Crippen LogP contribution in [0, 0.1) is 0 Å². The Kier molecular flexibility index (Phi) is 6.36. The van der Waals surface area contributed by atoms with Crippen molar-refractivity contribution in [1.82, 2.24) is 5.32 Å². The summed E-state index contributed by atoms with van der Waals surface area (Å²) in [6.45, 7) is 3.95. The lowest BCUT2D eigenvalue weighted by Gasteiger charge is -2.15. The number of hydrogen-bond acceptors (Lipinski definition) is 3. The Labute approximate surface area is 113 Å². The molecule has 0 saturated carbocycles. The molecule has 0 spiro atoms. The highest BCUT2D eigenvalue weighted by molar-refractivity contribution is 5.91. The van der Waals surface area contributed by atoms with E-state index in [1.165, 1.54) is 18.6 Å². The quantitative estimate of drug-likeness (QED) is 0.842. The summed E-state index contributed by atoms with van der Waals surface area (Å²) in [5, 5.41) is 2.88. The van der Waals surface area contributed by atoms with E-state index in [2.05, 4.69) is 5.32 Å². The minimum absolute atomic E-state index is 0.0187. The second kappa shape index (κ2) is 8.08. The lowest BCUT2D eigenvalue weighted by molar-refractivity contribution is -0.116. The number of hydrogen-bond donors (Lipinski definition) is 1. The number of ether oxygens (including phenoxy) is 1. The Balaban J connectivity index is 0.000000550. The molecule has 0 fully saturated rings. The van der Waals surface area contributed by atoms with Crippen LogP contribution in [0.2, 0.25) is 0 Å². The molecule has 1 aromatic carbocycles. The van der Waals surface area contributed by atoms with E-state index in [-0.39, 0.29) is 11.9 Å². The molecule has 0 saturated heterocycles. The van der Waals surface area contributed by atoms with E-state index in [1.54, 1.807) is 0 Å². The van der Waals surface area contributed by atoms with Crippen molar-refractivity contribution in [1.29, 1.82) is 0 Å². The third kappa shape index (κ3) is 4.95. The number of carbonyl (C=O) groups excluding carboxylic acids is 2. The Morgan fingerprint density at radius 3 is 2.53 bits per heavy atom. The summed E-state index contributed by atoms with van der Waals surface area (Å²) in [4.78, 5) is 20.1. The van der Waals surface area contributed by atoms with E-state index in [0.29, 0.717) is 6.61 Å². The van der Waals surface area contributed by atoms with Gasteiger partial charge in [0.2, 0.25) is 5.91 Å². The SMILES string of the molecule is CC=O.CCOC1=CC(=O)NC1Cc1ccccc1. The molecule has 1 atom stereocenters. The van der Waals surface area contributed by atoms with Crippen LogP contribution in [0.25, 0.3) is 0 Å². The monoisotopic (exact) mass is 261 g/mol. The summed E-state index contributed by atoms with van der Waals surface area (Å²) < 4.78 is 5.44. The first-order valence-electron chi connectivity index (χ1n) is 6.29. The molecule has 1 amide bonds. The fourth-order valence-corrected chi connectivity index (χ4v) is 1.82. The van der Waals surface area contributed by atoms with Gasteiger partial charge in [-0.2, -0.15) is 0 Å². The fourth-order valence-electron chi connectivity index (χ4n) is 1.82. The zero-order valence-electron chi connectivity index (χ0n) is 11.3. The second-order valence-corrected chi connectivity index (χ2v) is 3.97. The zero-order valence-corrected chi connectivity index (χ0v) is 11.3. The van der Waals surface area contributed by atoms with Gasteiger partial charge < -0.3 is 14.8 Å². The molecular formula is C15H19NO3. The van der Waals surface area contributed by atoms with Gasteiger partial charge in [0.25, 0.3) is 0 Å². The molecule has 1 aliphatic rings. The van der Waals surface area contributed by atoms with Crippen molar-refractivity contribution in [3.05, 3.63) is 47.7 Å². The van der Waals surface area contributed by atoms with Gasteiger partial charge in [0, 0.05) is 6.08 Å². The van der Waals surface area contributed by atoms with Crippen LogP contribution < -0.4 is 5.32 Å². The van der Waals surface area contributed by atoms with Crippen LogP contribution in [0.15, 0.2) is 42.2 Å². The topological polar surface area (TPSA) is 55.4 Å². The van der Waals surface area contributed by atoms with Crippen LogP contribution in [-0.2, 0) is 20.7 Å². The molecule has 1 unspecified atom stereocenters. The Hall–Kier alpha value is -2.10. The van der Waals surface area contributed by atoms with Gasteiger partial charge in [0.05, 0.1) is 12.6 Å². The summed E-state index contributed by atoms with van der Waals surface area (Å²) in [6, 6.07) is 10.1. The highest BCUT2D eigenvalue weighted by Gasteiger charge is 2.24. The standard InChI is InChI=1S/C13H15NO2.C2H4O/c1-2-16-12-9-13(15)14-11(12)8-10-6-4-3-5-7-10;1-2-3/h3-7,9,11H,2,8H2,1H3,(H,14,15);2H,1H3. The Bertz CT molecular complexity index is 440. The molecule has 1 aromatic rings. The van der Waals surface area contributed by atoms with Gasteiger partial charge >= 0.3 is 0 Å². The number of aldehydes is 1. The lowest BCUT2D eigenvalue weighted by Crippen LogP contribution is -2.31. The molecule has 0 aromatic heterocycles. The van der Waals surface area contributed by atoms with Crippen molar-refractivity contribution in [2.75, 3.05) is 6.61 Å². The van der Waals surface area contributed by atoms with Crippen LogP contribution in [0.1, 0.15) is 19.4 Å². The van der Waals surface area contributed by atoms with Crippen LogP contribution in [0.5, 0.6) is 0 Å². The molecule has 4 nitrogen and oxygen atoms in total. The first-order chi connectivity index (χ1) is 9.21. The van der Waals surface area contributed by atoms with E-state index in [1.807, 2.05) is 37.3 Å². The van der Waals surface area contributed by atoms with Crippen molar-refractivity contribution in [2.45, 2.75) is 26.3 Å². The summed E-state index contributed by atoms with van der Waals surface area (Å²) in [5.41, 5.74) is 1.19. The van der Waals surface area contributed by atoms with Crippen molar-refractivity contribution < 1.29 is 14.3 Å². The average molecular weight is 261 g/mol. The highest BCUT2D eigenvalue weighted by Crippen LogP contribution is 2.15. The molecule has 1 aliphatic heterocycles. The molecule has 19 heavy (non-hydrogen) atoms. The maximum absolute atomic E-state index is 11.3. The van der Waals surface area contributed by atoms with Crippen molar-refractivity contribution in [2.24, 2.45) is 0 Å².